The van der Waals surface area contributed by atoms with Crippen LogP contribution in [0.25, 0.3) is 0 Å². The number of hydrogen-bond acceptors (Lipinski definition) is 2. The molecule has 0 heterocycles. The lowest BCUT2D eigenvalue weighted by Crippen LogP contribution is -2.51. The highest BCUT2D eigenvalue weighted by atomic mass is 16.5. The van der Waals surface area contributed by atoms with Gasteiger partial charge in [-0.2, -0.15) is 0 Å². The van der Waals surface area contributed by atoms with E-state index in [2.05, 4.69) is 59.8 Å². The van der Waals surface area contributed by atoms with Gasteiger partial charge in [-0.15, -0.1) is 0 Å². The summed E-state index contributed by atoms with van der Waals surface area (Å²) >= 11 is 0. The van der Waals surface area contributed by atoms with E-state index in [4.69, 9.17) is 4.74 Å². The predicted octanol–water partition coefficient (Wildman–Crippen LogP) is 16.3. The molecular formula is C51H90O2. The van der Waals surface area contributed by atoms with Gasteiger partial charge >= 0.3 is 5.97 Å². The summed E-state index contributed by atoms with van der Waals surface area (Å²) in [5.74, 6) is 5.33. The van der Waals surface area contributed by atoms with Gasteiger partial charge in [-0.1, -0.05) is 174 Å². The second kappa shape index (κ2) is 23.9. The first kappa shape index (κ1) is 44.7. The number of allylic oxidation sites excluding steroid dienone is 3. The lowest BCUT2D eigenvalue weighted by Gasteiger charge is -2.58. The van der Waals surface area contributed by atoms with E-state index >= 15 is 0 Å². The van der Waals surface area contributed by atoms with Gasteiger partial charge < -0.3 is 4.74 Å². The van der Waals surface area contributed by atoms with Gasteiger partial charge in [0, 0.05) is 12.8 Å². The van der Waals surface area contributed by atoms with E-state index in [1.165, 1.54) is 173 Å². The summed E-state index contributed by atoms with van der Waals surface area (Å²) in [5.41, 5.74) is 2.53. The van der Waals surface area contributed by atoms with Crippen LogP contribution in [0.3, 0.4) is 0 Å². The van der Waals surface area contributed by atoms with E-state index in [-0.39, 0.29) is 12.1 Å². The van der Waals surface area contributed by atoms with Gasteiger partial charge in [0.05, 0.1) is 0 Å². The lowest BCUT2D eigenvalue weighted by molar-refractivity contribution is -0.151. The average Bonchev–Trinajstić information content (AvgIpc) is 3.49. The Morgan fingerprint density at radius 2 is 1.32 bits per heavy atom. The van der Waals surface area contributed by atoms with Crippen molar-refractivity contribution in [2.75, 3.05) is 0 Å². The minimum atomic E-state index is 0.0640. The maximum atomic E-state index is 12.9. The molecule has 2 heteroatoms. The number of hydrogen-bond donors (Lipinski definition) is 0. The van der Waals surface area contributed by atoms with E-state index in [9.17, 15) is 4.79 Å². The molecule has 0 aromatic carbocycles. The van der Waals surface area contributed by atoms with Crippen molar-refractivity contribution in [2.24, 2.45) is 46.3 Å². The van der Waals surface area contributed by atoms with Crippen LogP contribution in [-0.4, -0.2) is 12.1 Å². The molecule has 3 saturated carbocycles. The molecule has 3 fully saturated rings. The molecule has 306 valence electrons. The fourth-order valence-electron chi connectivity index (χ4n) is 12.4. The molecule has 4 aliphatic rings. The topological polar surface area (TPSA) is 26.3 Å². The fourth-order valence-corrected chi connectivity index (χ4v) is 12.4. The molecule has 0 aromatic rings. The minimum absolute atomic E-state index is 0.0640. The summed E-state index contributed by atoms with van der Waals surface area (Å²) in [7, 11) is 0. The van der Waals surface area contributed by atoms with Crippen molar-refractivity contribution in [2.45, 2.75) is 247 Å². The van der Waals surface area contributed by atoms with Crippen LogP contribution in [0.4, 0.5) is 0 Å². The van der Waals surface area contributed by atoms with Crippen molar-refractivity contribution < 1.29 is 9.53 Å². The number of unbranched alkanes of at least 4 members (excludes halogenated alkanes) is 17. The minimum Gasteiger partial charge on any atom is -0.462 e. The van der Waals surface area contributed by atoms with Gasteiger partial charge in [0.15, 0.2) is 0 Å². The van der Waals surface area contributed by atoms with Crippen LogP contribution in [0.5, 0.6) is 0 Å². The zero-order valence-electron chi connectivity index (χ0n) is 36.5. The first-order valence-corrected chi connectivity index (χ1v) is 24.2. The quantitative estimate of drug-likeness (QED) is 0.0477. The van der Waals surface area contributed by atoms with Crippen molar-refractivity contribution in [1.82, 2.24) is 0 Å². The van der Waals surface area contributed by atoms with Crippen molar-refractivity contribution >= 4 is 5.97 Å². The molecule has 0 aromatic heterocycles. The standard InChI is InChI=1S/C51H90O2/c1-7-8-9-10-11-12-13-14-15-16-17-18-19-20-21-22-23-24-25-26-27-31-49(52)53-44-36-38-50(5)43(40-44)32-33-45-47-35-34-46(42(4)30-28-29-41(2)3)51(47,6)39-37-48(45)50/h14-15,32,41-42,44-48H,7-13,16-31,33-40H2,1-6H3/b15-14+/t42-,44-,45+,46-,47+,48+,50-,51-/m0/s1. The molecule has 0 saturated heterocycles. The van der Waals surface area contributed by atoms with Crippen LogP contribution in [0.15, 0.2) is 23.8 Å². The molecule has 8 atom stereocenters. The second-order valence-electron chi connectivity index (χ2n) is 20.1. The highest BCUT2D eigenvalue weighted by Crippen LogP contribution is 2.67. The number of carbonyl (C=O) groups is 1. The first-order valence-electron chi connectivity index (χ1n) is 24.2. The van der Waals surface area contributed by atoms with Crippen LogP contribution in [-0.2, 0) is 9.53 Å². The summed E-state index contributed by atoms with van der Waals surface area (Å²) in [6, 6.07) is 0. The van der Waals surface area contributed by atoms with Gasteiger partial charge in [-0.25, -0.2) is 0 Å². The number of rotatable bonds is 27. The molecule has 4 rings (SSSR count). The Kier molecular flexibility index (Phi) is 20.1. The third-order valence-corrected chi connectivity index (χ3v) is 15.7. The molecule has 0 radical (unpaired) electrons. The summed E-state index contributed by atoms with van der Waals surface area (Å²) < 4.78 is 6.15. The number of esters is 1. The Labute approximate surface area is 331 Å². The van der Waals surface area contributed by atoms with E-state index in [1.54, 1.807) is 5.57 Å². The zero-order valence-corrected chi connectivity index (χ0v) is 36.5. The third kappa shape index (κ3) is 13.8. The Morgan fingerprint density at radius 1 is 0.717 bits per heavy atom. The molecule has 4 aliphatic carbocycles. The molecule has 0 N–H and O–H groups in total. The Balaban J connectivity index is 1.01. The van der Waals surface area contributed by atoms with Gasteiger partial charge in [0.2, 0.25) is 0 Å². The second-order valence-corrected chi connectivity index (χ2v) is 20.1. The largest absolute Gasteiger partial charge is 0.462 e. The summed E-state index contributed by atoms with van der Waals surface area (Å²) in [4.78, 5) is 12.9. The molecular weight excluding hydrogens is 645 g/mol. The van der Waals surface area contributed by atoms with Crippen molar-refractivity contribution in [3.63, 3.8) is 0 Å². The molecule has 2 nitrogen and oxygen atoms in total. The van der Waals surface area contributed by atoms with Crippen LogP contribution in [0.1, 0.15) is 241 Å². The first-order chi connectivity index (χ1) is 25.7. The van der Waals surface area contributed by atoms with Crippen LogP contribution >= 0.6 is 0 Å². The Morgan fingerprint density at radius 3 is 1.94 bits per heavy atom. The predicted molar refractivity (Wildman–Crippen MR) is 230 cm³/mol. The van der Waals surface area contributed by atoms with Crippen molar-refractivity contribution in [3.05, 3.63) is 23.8 Å². The Bertz CT molecular complexity index is 1070. The zero-order chi connectivity index (χ0) is 37.9. The SMILES string of the molecule is CCCCCCCC/C=C/CCCCCCCCCCCCCC(=O)O[C@H]1CC[C@@]2(C)C(=CC[C@@H]3[C@H]4CC[C@@H]([C@@H](C)CCCC(C)C)[C@]4(C)CC[C@H]32)C1. The molecule has 0 aliphatic heterocycles. The average molecular weight is 735 g/mol. The third-order valence-electron chi connectivity index (χ3n) is 15.7. The monoisotopic (exact) mass is 735 g/mol. The Hall–Kier alpha value is -1.05. The molecule has 0 spiro atoms. The van der Waals surface area contributed by atoms with E-state index in [0.717, 1.165) is 54.8 Å². The van der Waals surface area contributed by atoms with Gasteiger partial charge in [-0.05, 0) is 123 Å². The molecule has 53 heavy (non-hydrogen) atoms. The van der Waals surface area contributed by atoms with Crippen LogP contribution < -0.4 is 0 Å². The normalized spacial score (nSPS) is 30.2. The van der Waals surface area contributed by atoms with Gasteiger partial charge in [-0.3, -0.25) is 4.79 Å². The van der Waals surface area contributed by atoms with Crippen LogP contribution in [0, 0.1) is 46.3 Å². The highest BCUT2D eigenvalue weighted by molar-refractivity contribution is 5.69. The van der Waals surface area contributed by atoms with Gasteiger partial charge in [0.25, 0.3) is 0 Å². The number of carbonyl (C=O) groups excluding carboxylic acids is 1. The van der Waals surface area contributed by atoms with Crippen molar-refractivity contribution in [3.8, 4) is 0 Å². The van der Waals surface area contributed by atoms with Crippen molar-refractivity contribution in [1.29, 1.82) is 0 Å². The number of fused-ring (bicyclic) bond motifs is 5. The molecule has 0 unspecified atom stereocenters. The molecule has 0 bridgehead atoms. The summed E-state index contributed by atoms with van der Waals surface area (Å²) in [6.45, 7) is 15.0. The lowest BCUT2D eigenvalue weighted by atomic mass is 9.47. The molecule has 0 amide bonds. The smallest absolute Gasteiger partial charge is 0.306 e. The maximum absolute atomic E-state index is 12.9. The van der Waals surface area contributed by atoms with Gasteiger partial charge in [0.1, 0.15) is 6.10 Å². The van der Waals surface area contributed by atoms with E-state index in [1.807, 2.05) is 0 Å². The van der Waals surface area contributed by atoms with E-state index in [0.29, 0.717) is 17.3 Å². The maximum Gasteiger partial charge on any atom is 0.306 e. The summed E-state index contributed by atoms with van der Waals surface area (Å²) in [6.07, 6.45) is 48.3. The number of ether oxygens (including phenoxy) is 1. The van der Waals surface area contributed by atoms with E-state index < -0.39 is 0 Å². The highest BCUT2D eigenvalue weighted by Gasteiger charge is 2.59. The fraction of sp³-hybridized carbons (Fsp3) is 0.902. The van der Waals surface area contributed by atoms with Crippen LogP contribution in [0.2, 0.25) is 0 Å². The summed E-state index contributed by atoms with van der Waals surface area (Å²) in [5, 5.41) is 0.